The zero-order valence-corrected chi connectivity index (χ0v) is 30.0. The van der Waals surface area contributed by atoms with Crippen LogP contribution in [0.4, 0.5) is 0 Å². The molecule has 12 rings (SSSR count). The van der Waals surface area contributed by atoms with Crippen molar-refractivity contribution < 1.29 is 17.8 Å². The number of fused-ring (bicyclic) bond motifs is 9. The molecule has 0 radical (unpaired) electrons. The molecular weight excluding hydrogens is 691 g/mol. The number of para-hydroxylation sites is 4. The number of rotatable bonds is 5. The SMILES string of the molecule is [2H]c1c([2H])c([2H])c(-c2c([2H])c([2H])c(-c3c([2H])c([2H])c(-n4c5ccccc5c5c(-n6c7ccccc7c7ccc(-n8c9ccccc9c9ccccc98)cc76)cccc54)c([2H])c3[2H])c([2H])c2[2H])c([2H])c1[2H]. The first-order valence-corrected chi connectivity index (χ1v) is 18.6. The van der Waals surface area contributed by atoms with Gasteiger partial charge in [-0.05, 0) is 82.9 Å². The van der Waals surface area contributed by atoms with Gasteiger partial charge in [-0.3, -0.25) is 0 Å². The number of hydrogen-bond donors (Lipinski definition) is 0. The molecule has 57 heavy (non-hydrogen) atoms. The van der Waals surface area contributed by atoms with E-state index in [9.17, 15) is 5.48 Å². The molecule has 0 aliphatic heterocycles. The average molecular weight is 739 g/mol. The third-order valence-corrected chi connectivity index (χ3v) is 10.9. The maximum Gasteiger partial charge on any atom is 0.0645 e. The summed E-state index contributed by atoms with van der Waals surface area (Å²) in [6, 6.07) is 36.0. The van der Waals surface area contributed by atoms with Crippen molar-refractivity contribution in [2.24, 2.45) is 0 Å². The van der Waals surface area contributed by atoms with E-state index in [2.05, 4.69) is 75.9 Å². The van der Waals surface area contributed by atoms with E-state index in [0.29, 0.717) is 11.0 Å². The summed E-state index contributed by atoms with van der Waals surface area (Å²) in [4.78, 5) is 0. The summed E-state index contributed by atoms with van der Waals surface area (Å²) in [7, 11) is 0. The van der Waals surface area contributed by atoms with E-state index < -0.39 is 101 Å². The lowest BCUT2D eigenvalue weighted by atomic mass is 10.0. The third kappa shape index (κ3) is 4.79. The largest absolute Gasteiger partial charge is 0.309 e. The molecule has 0 saturated carbocycles. The Morgan fingerprint density at radius 3 is 1.33 bits per heavy atom. The van der Waals surface area contributed by atoms with Crippen LogP contribution in [0.15, 0.2) is 212 Å². The van der Waals surface area contributed by atoms with Crippen molar-refractivity contribution in [1.82, 2.24) is 13.7 Å². The number of nitrogens with zero attached hydrogens (tertiary/aromatic N) is 3. The minimum absolute atomic E-state index is 0.0935. The van der Waals surface area contributed by atoms with E-state index in [-0.39, 0.29) is 5.69 Å². The highest BCUT2D eigenvalue weighted by Gasteiger charge is 2.21. The van der Waals surface area contributed by atoms with Crippen LogP contribution < -0.4 is 0 Å². The van der Waals surface area contributed by atoms with Gasteiger partial charge in [0.15, 0.2) is 0 Å². The second-order valence-electron chi connectivity index (χ2n) is 13.9. The van der Waals surface area contributed by atoms with Crippen molar-refractivity contribution in [3.05, 3.63) is 212 Å². The van der Waals surface area contributed by atoms with Crippen LogP contribution in [0.1, 0.15) is 17.8 Å². The Bertz CT molecular complexity index is 4160. The van der Waals surface area contributed by atoms with Gasteiger partial charge in [-0.1, -0.05) is 151 Å². The number of hydrogen-bond acceptors (Lipinski definition) is 0. The van der Waals surface area contributed by atoms with Crippen LogP contribution in [0.3, 0.4) is 0 Å². The molecule has 266 valence electrons. The predicted molar refractivity (Wildman–Crippen MR) is 240 cm³/mol. The van der Waals surface area contributed by atoms with E-state index >= 15 is 0 Å². The molecule has 0 spiro atoms. The second-order valence-corrected chi connectivity index (χ2v) is 13.9. The lowest BCUT2D eigenvalue weighted by molar-refractivity contribution is 1.16. The van der Waals surface area contributed by atoms with E-state index in [1.165, 1.54) is 0 Å². The molecule has 0 fully saturated rings. The second kappa shape index (κ2) is 12.5. The normalized spacial score (nSPS) is 15.1. The Morgan fingerprint density at radius 1 is 0.298 bits per heavy atom. The molecule has 3 aromatic heterocycles. The molecule has 3 heteroatoms. The third-order valence-electron chi connectivity index (χ3n) is 10.9. The number of benzene rings is 9. The zero-order valence-electron chi connectivity index (χ0n) is 43.0. The Balaban J connectivity index is 1.09. The van der Waals surface area contributed by atoms with E-state index in [0.717, 1.165) is 65.8 Å². The first-order valence-electron chi connectivity index (χ1n) is 25.1. The van der Waals surface area contributed by atoms with Gasteiger partial charge in [0.25, 0.3) is 0 Å². The van der Waals surface area contributed by atoms with Gasteiger partial charge in [-0.2, -0.15) is 0 Å². The highest BCUT2D eigenvalue weighted by Crippen LogP contribution is 2.41. The molecule has 0 N–H and O–H groups in total. The smallest absolute Gasteiger partial charge is 0.0645 e. The van der Waals surface area contributed by atoms with Gasteiger partial charge < -0.3 is 13.7 Å². The fourth-order valence-corrected chi connectivity index (χ4v) is 8.47. The summed E-state index contributed by atoms with van der Waals surface area (Å²) in [6.07, 6.45) is 0. The van der Waals surface area contributed by atoms with Gasteiger partial charge in [-0.25, -0.2) is 0 Å². The fourth-order valence-electron chi connectivity index (χ4n) is 8.47. The molecule has 0 saturated heterocycles. The predicted octanol–water partition coefficient (Wildman–Crippen LogP) is 14.3. The van der Waals surface area contributed by atoms with E-state index in [1.54, 1.807) is 4.57 Å². The van der Waals surface area contributed by atoms with Crippen LogP contribution in [-0.2, 0) is 0 Å². The van der Waals surface area contributed by atoms with Crippen LogP contribution in [-0.4, -0.2) is 13.7 Å². The molecule has 0 bridgehead atoms. The summed E-state index contributed by atoms with van der Waals surface area (Å²) in [6.45, 7) is 0. The van der Waals surface area contributed by atoms with Gasteiger partial charge in [0.1, 0.15) is 0 Å². The molecule has 0 amide bonds. The van der Waals surface area contributed by atoms with E-state index in [1.807, 2.05) is 66.7 Å². The van der Waals surface area contributed by atoms with Crippen LogP contribution in [0.25, 0.3) is 105 Å². The highest BCUT2D eigenvalue weighted by molar-refractivity contribution is 6.17. The minimum Gasteiger partial charge on any atom is -0.309 e. The van der Waals surface area contributed by atoms with Crippen LogP contribution in [0, 0.1) is 0 Å². The Hall–Kier alpha value is -7.62. The highest BCUT2D eigenvalue weighted by atomic mass is 15.0. The molecular formula is C54H35N3. The van der Waals surface area contributed by atoms with Gasteiger partial charge in [-0.15, -0.1) is 0 Å². The van der Waals surface area contributed by atoms with Gasteiger partial charge >= 0.3 is 0 Å². The van der Waals surface area contributed by atoms with E-state index in [4.69, 9.17) is 12.3 Å². The van der Waals surface area contributed by atoms with Crippen LogP contribution in [0.2, 0.25) is 0 Å². The van der Waals surface area contributed by atoms with Crippen LogP contribution >= 0.6 is 0 Å². The zero-order chi connectivity index (χ0) is 48.8. The Morgan fingerprint density at radius 2 is 0.737 bits per heavy atom. The molecule has 0 unspecified atom stereocenters. The monoisotopic (exact) mass is 738 g/mol. The van der Waals surface area contributed by atoms with Crippen molar-refractivity contribution >= 4 is 65.4 Å². The lowest BCUT2D eigenvalue weighted by Gasteiger charge is -2.13. The summed E-state index contributed by atoms with van der Waals surface area (Å²) in [5.74, 6) is 0. The van der Waals surface area contributed by atoms with Gasteiger partial charge in [0.05, 0.1) is 56.6 Å². The Labute approximate surface area is 347 Å². The summed E-state index contributed by atoms with van der Waals surface area (Å²) >= 11 is 0. The molecule has 0 atom stereocenters. The first-order chi connectivity index (χ1) is 33.7. The van der Waals surface area contributed by atoms with Crippen molar-refractivity contribution in [1.29, 1.82) is 0 Å². The molecule has 3 heterocycles. The van der Waals surface area contributed by atoms with Crippen molar-refractivity contribution in [3.8, 4) is 39.3 Å². The maximum absolute atomic E-state index is 9.57. The first kappa shape index (κ1) is 21.5. The molecule has 3 nitrogen and oxygen atoms in total. The molecule has 0 aliphatic carbocycles. The lowest BCUT2D eigenvalue weighted by Crippen LogP contribution is -1.98. The fraction of sp³-hybridized carbons (Fsp3) is 0. The standard InChI is InChI=1S/C54H35N3/c1-2-13-36(14-3-1)37-25-27-38(28-26-37)39-29-31-40(32-30-39)55-50-22-11-7-18-46(50)54-51(55)23-12-24-52(54)57-49-21-10-6-17-44(49)45-34-33-41(35-53(45)57)56-47-19-8-4-15-42(47)43-16-5-9-20-48(43)56/h1-35H/i1D,2D,3D,13D,14D,25D,26D,27D,28D,29D,30D,31D,32D. The molecule has 9 aromatic carbocycles. The summed E-state index contributed by atoms with van der Waals surface area (Å²) in [5, 5.41) is 5.93. The summed E-state index contributed by atoms with van der Waals surface area (Å²) < 4.78 is 122. The van der Waals surface area contributed by atoms with Crippen molar-refractivity contribution in [2.45, 2.75) is 0 Å². The summed E-state index contributed by atoms with van der Waals surface area (Å²) in [5.41, 5.74) is 4.84. The number of aromatic nitrogens is 3. The Kier molecular flexibility index (Phi) is 4.69. The van der Waals surface area contributed by atoms with Crippen molar-refractivity contribution in [2.75, 3.05) is 0 Å². The quantitative estimate of drug-likeness (QED) is 0.167. The molecule has 0 aliphatic rings. The maximum atomic E-state index is 9.57. The van der Waals surface area contributed by atoms with Crippen molar-refractivity contribution in [3.63, 3.8) is 0 Å². The average Bonchev–Trinajstić information content (AvgIpc) is 4.01. The topological polar surface area (TPSA) is 14.8 Å². The minimum atomic E-state index is -0.766. The van der Waals surface area contributed by atoms with Crippen LogP contribution in [0.5, 0.6) is 0 Å². The van der Waals surface area contributed by atoms with Gasteiger partial charge in [0, 0.05) is 43.7 Å². The van der Waals surface area contributed by atoms with Gasteiger partial charge in [0.2, 0.25) is 0 Å². The molecule has 12 aromatic rings.